The van der Waals surface area contributed by atoms with Gasteiger partial charge < -0.3 is 5.32 Å². The molecule has 2 aromatic heterocycles. The van der Waals surface area contributed by atoms with Crippen molar-refractivity contribution >= 4 is 5.69 Å². The Morgan fingerprint density at radius 1 is 1.40 bits per heavy atom. The van der Waals surface area contributed by atoms with E-state index < -0.39 is 6.55 Å². The van der Waals surface area contributed by atoms with Crippen molar-refractivity contribution in [1.29, 1.82) is 0 Å². The van der Waals surface area contributed by atoms with Crippen LogP contribution in [0.15, 0.2) is 18.5 Å². The highest BCUT2D eigenvalue weighted by atomic mass is 19.3. The number of hydrogen-bond acceptors (Lipinski definition) is 3. The summed E-state index contributed by atoms with van der Waals surface area (Å²) in [6.07, 6.45) is 4.06. The molecule has 0 aliphatic carbocycles. The molecule has 0 spiro atoms. The molecular weight excluding hydrogens is 264 g/mol. The average Bonchev–Trinajstić information content (AvgIpc) is 3.02. The van der Waals surface area contributed by atoms with Gasteiger partial charge in [-0.3, -0.25) is 4.68 Å². The number of alkyl halides is 2. The standard InChI is InChI=1S/C13H19F2N5/c1-4-9(2)20-11(5-6-17-20)7-16-12-8-19(13(14)15)18-10(12)3/h5-6,8-9,13,16H,4,7H2,1-3H3. The van der Waals surface area contributed by atoms with Crippen molar-refractivity contribution in [2.45, 2.75) is 46.3 Å². The molecule has 0 saturated heterocycles. The van der Waals surface area contributed by atoms with Crippen molar-refractivity contribution in [2.75, 3.05) is 5.32 Å². The van der Waals surface area contributed by atoms with Crippen LogP contribution in [0.25, 0.3) is 0 Å². The van der Waals surface area contributed by atoms with Gasteiger partial charge in [0, 0.05) is 12.2 Å². The van der Waals surface area contributed by atoms with Crippen LogP contribution in [0.5, 0.6) is 0 Å². The van der Waals surface area contributed by atoms with Crippen LogP contribution in [0.3, 0.4) is 0 Å². The van der Waals surface area contributed by atoms with Crippen molar-refractivity contribution < 1.29 is 8.78 Å². The van der Waals surface area contributed by atoms with Crippen LogP contribution in [0.4, 0.5) is 14.5 Å². The molecule has 1 unspecified atom stereocenters. The molecule has 0 radical (unpaired) electrons. The fourth-order valence-corrected chi connectivity index (χ4v) is 1.99. The van der Waals surface area contributed by atoms with Gasteiger partial charge in [-0.2, -0.15) is 19.0 Å². The van der Waals surface area contributed by atoms with Crippen molar-refractivity contribution in [1.82, 2.24) is 19.6 Å². The molecule has 2 heterocycles. The Morgan fingerprint density at radius 3 is 2.75 bits per heavy atom. The Hall–Kier alpha value is -1.92. The first-order valence-electron chi connectivity index (χ1n) is 6.63. The first kappa shape index (κ1) is 14.5. The fourth-order valence-electron chi connectivity index (χ4n) is 1.99. The first-order valence-corrected chi connectivity index (χ1v) is 6.63. The maximum absolute atomic E-state index is 12.5. The van der Waals surface area contributed by atoms with Crippen LogP contribution in [0, 0.1) is 6.92 Å². The summed E-state index contributed by atoms with van der Waals surface area (Å²) in [5.41, 5.74) is 2.19. The molecule has 2 aromatic rings. The van der Waals surface area contributed by atoms with Gasteiger partial charge in [0.1, 0.15) is 0 Å². The number of halogens is 2. The van der Waals surface area contributed by atoms with E-state index in [0.29, 0.717) is 28.6 Å². The molecule has 0 amide bonds. The normalized spacial score (nSPS) is 12.9. The Bertz CT molecular complexity index is 561. The minimum absolute atomic E-state index is 0.312. The summed E-state index contributed by atoms with van der Waals surface area (Å²) in [5.74, 6) is 0. The van der Waals surface area contributed by atoms with E-state index in [4.69, 9.17) is 0 Å². The lowest BCUT2D eigenvalue weighted by atomic mass is 10.2. The Morgan fingerprint density at radius 2 is 2.15 bits per heavy atom. The van der Waals surface area contributed by atoms with Crippen LogP contribution < -0.4 is 5.32 Å². The Labute approximate surface area is 116 Å². The van der Waals surface area contributed by atoms with Gasteiger partial charge in [-0.15, -0.1) is 0 Å². The molecule has 0 fully saturated rings. The summed E-state index contributed by atoms with van der Waals surface area (Å²) in [5, 5.41) is 11.2. The van der Waals surface area contributed by atoms with Crippen molar-refractivity contribution in [3.63, 3.8) is 0 Å². The summed E-state index contributed by atoms with van der Waals surface area (Å²) >= 11 is 0. The summed E-state index contributed by atoms with van der Waals surface area (Å²) in [7, 11) is 0. The van der Waals surface area contributed by atoms with Crippen molar-refractivity contribution in [3.05, 3.63) is 29.8 Å². The molecule has 0 saturated carbocycles. The quantitative estimate of drug-likeness (QED) is 0.884. The lowest BCUT2D eigenvalue weighted by Crippen LogP contribution is -2.12. The second kappa shape index (κ2) is 6.02. The highest BCUT2D eigenvalue weighted by Crippen LogP contribution is 2.19. The SMILES string of the molecule is CCC(C)n1nccc1CNc1cn(C(F)F)nc1C. The summed E-state index contributed by atoms with van der Waals surface area (Å²) < 4.78 is 27.7. The fraction of sp³-hybridized carbons (Fsp3) is 0.538. The van der Waals surface area contributed by atoms with E-state index in [1.54, 1.807) is 13.1 Å². The molecular formula is C13H19F2N5. The van der Waals surface area contributed by atoms with Crippen LogP contribution in [0.1, 0.15) is 44.2 Å². The monoisotopic (exact) mass is 283 g/mol. The third-order valence-corrected chi connectivity index (χ3v) is 3.34. The zero-order valence-corrected chi connectivity index (χ0v) is 11.8. The van der Waals surface area contributed by atoms with Crippen LogP contribution in [0.2, 0.25) is 0 Å². The molecule has 110 valence electrons. The van der Waals surface area contributed by atoms with E-state index in [2.05, 4.69) is 29.4 Å². The molecule has 0 aliphatic rings. The average molecular weight is 283 g/mol. The van der Waals surface area contributed by atoms with E-state index in [-0.39, 0.29) is 0 Å². The highest BCUT2D eigenvalue weighted by Gasteiger charge is 2.12. The van der Waals surface area contributed by atoms with Crippen molar-refractivity contribution in [3.8, 4) is 0 Å². The molecule has 0 aliphatic heterocycles. The van der Waals surface area contributed by atoms with Crippen LogP contribution in [-0.4, -0.2) is 19.6 Å². The first-order chi connectivity index (χ1) is 9.52. The Balaban J connectivity index is 2.07. The van der Waals surface area contributed by atoms with Gasteiger partial charge in [0.2, 0.25) is 0 Å². The third-order valence-electron chi connectivity index (χ3n) is 3.34. The Kier molecular flexibility index (Phi) is 4.36. The molecule has 7 heteroatoms. The van der Waals surface area contributed by atoms with Gasteiger partial charge >= 0.3 is 6.55 Å². The van der Waals surface area contributed by atoms with E-state index >= 15 is 0 Å². The summed E-state index contributed by atoms with van der Waals surface area (Å²) in [6, 6.07) is 2.23. The molecule has 5 nitrogen and oxygen atoms in total. The lowest BCUT2D eigenvalue weighted by molar-refractivity contribution is 0.0563. The van der Waals surface area contributed by atoms with E-state index in [1.807, 2.05) is 10.7 Å². The van der Waals surface area contributed by atoms with Gasteiger partial charge in [-0.25, -0.2) is 4.68 Å². The predicted octanol–water partition coefficient (Wildman–Crippen LogP) is 3.37. The van der Waals surface area contributed by atoms with E-state index in [1.165, 1.54) is 6.20 Å². The summed E-state index contributed by atoms with van der Waals surface area (Å²) in [6.45, 7) is 3.81. The summed E-state index contributed by atoms with van der Waals surface area (Å²) in [4.78, 5) is 0. The number of aryl methyl sites for hydroxylation is 1. The van der Waals surface area contributed by atoms with Gasteiger partial charge in [-0.05, 0) is 26.3 Å². The smallest absolute Gasteiger partial charge is 0.333 e. The van der Waals surface area contributed by atoms with Crippen LogP contribution in [-0.2, 0) is 6.54 Å². The molecule has 1 atom stereocenters. The third kappa shape index (κ3) is 2.97. The largest absolute Gasteiger partial charge is 0.377 e. The number of anilines is 1. The lowest BCUT2D eigenvalue weighted by Gasteiger charge is -2.14. The maximum atomic E-state index is 12.5. The second-order valence-corrected chi connectivity index (χ2v) is 4.76. The number of aromatic nitrogens is 4. The molecule has 0 bridgehead atoms. The van der Waals surface area contributed by atoms with Gasteiger partial charge in [0.25, 0.3) is 0 Å². The minimum Gasteiger partial charge on any atom is -0.377 e. The number of nitrogens with one attached hydrogen (secondary N) is 1. The number of hydrogen-bond donors (Lipinski definition) is 1. The second-order valence-electron chi connectivity index (χ2n) is 4.76. The minimum atomic E-state index is -2.62. The number of nitrogens with zero attached hydrogens (tertiary/aromatic N) is 4. The van der Waals surface area contributed by atoms with Gasteiger partial charge in [0.15, 0.2) is 0 Å². The van der Waals surface area contributed by atoms with Crippen LogP contribution >= 0.6 is 0 Å². The van der Waals surface area contributed by atoms with E-state index in [0.717, 1.165) is 12.1 Å². The predicted molar refractivity (Wildman–Crippen MR) is 72.8 cm³/mol. The number of rotatable bonds is 6. The van der Waals surface area contributed by atoms with Crippen molar-refractivity contribution in [2.24, 2.45) is 0 Å². The maximum Gasteiger partial charge on any atom is 0.333 e. The molecule has 0 aromatic carbocycles. The molecule has 1 N–H and O–H groups in total. The van der Waals surface area contributed by atoms with E-state index in [9.17, 15) is 8.78 Å². The van der Waals surface area contributed by atoms with Gasteiger partial charge in [-0.1, -0.05) is 6.92 Å². The molecule has 20 heavy (non-hydrogen) atoms. The topological polar surface area (TPSA) is 47.7 Å². The molecule has 2 rings (SSSR count). The van der Waals surface area contributed by atoms with Gasteiger partial charge in [0.05, 0.1) is 29.8 Å². The zero-order valence-electron chi connectivity index (χ0n) is 11.8. The zero-order chi connectivity index (χ0) is 14.7. The highest BCUT2D eigenvalue weighted by molar-refractivity contribution is 5.45.